The minimum Gasteiger partial charge on any atom is -0.497 e. The average Bonchev–Trinajstić information content (AvgIpc) is 3.11. The Labute approximate surface area is 134 Å². The Hall–Kier alpha value is -2.89. The summed E-state index contributed by atoms with van der Waals surface area (Å²) in [5.41, 5.74) is 2.66. The van der Waals surface area contributed by atoms with Crippen LogP contribution in [0.5, 0.6) is 5.75 Å². The van der Waals surface area contributed by atoms with Crippen molar-refractivity contribution in [3.8, 4) is 5.75 Å². The van der Waals surface area contributed by atoms with Gasteiger partial charge in [-0.05, 0) is 42.3 Å². The van der Waals surface area contributed by atoms with E-state index in [9.17, 15) is 4.79 Å². The van der Waals surface area contributed by atoms with Crippen LogP contribution in [0.1, 0.15) is 16.1 Å². The SMILES string of the molecule is COc1ccc2c(c1)c(CCNC(=O)c1cccn1C)cn2N. The van der Waals surface area contributed by atoms with E-state index in [1.165, 1.54) is 0 Å². The van der Waals surface area contributed by atoms with Gasteiger partial charge in [0, 0.05) is 31.4 Å². The molecule has 6 heteroatoms. The lowest BCUT2D eigenvalue weighted by Crippen LogP contribution is -2.27. The number of fused-ring (bicyclic) bond motifs is 1. The average molecular weight is 312 g/mol. The predicted molar refractivity (Wildman–Crippen MR) is 90.1 cm³/mol. The Kier molecular flexibility index (Phi) is 3.97. The molecule has 3 rings (SSSR count). The number of aromatic nitrogens is 2. The first-order chi connectivity index (χ1) is 11.1. The maximum absolute atomic E-state index is 12.1. The molecule has 0 spiro atoms. The Morgan fingerprint density at radius 3 is 2.87 bits per heavy atom. The van der Waals surface area contributed by atoms with Crippen molar-refractivity contribution in [3.05, 3.63) is 54.0 Å². The van der Waals surface area contributed by atoms with E-state index in [-0.39, 0.29) is 5.91 Å². The van der Waals surface area contributed by atoms with Crippen LogP contribution in [-0.2, 0) is 13.5 Å². The van der Waals surface area contributed by atoms with E-state index in [1.807, 2.05) is 43.7 Å². The molecule has 0 aliphatic heterocycles. The molecule has 2 aromatic heterocycles. The molecule has 0 aliphatic rings. The van der Waals surface area contributed by atoms with Crippen molar-refractivity contribution in [1.82, 2.24) is 14.6 Å². The first kappa shape index (κ1) is 15.0. The molecule has 3 aromatic rings. The van der Waals surface area contributed by atoms with Crippen LogP contribution in [0.15, 0.2) is 42.7 Å². The van der Waals surface area contributed by atoms with Gasteiger partial charge in [-0.25, -0.2) is 0 Å². The van der Waals surface area contributed by atoms with Gasteiger partial charge in [-0.1, -0.05) is 0 Å². The van der Waals surface area contributed by atoms with Gasteiger partial charge in [0.1, 0.15) is 11.4 Å². The van der Waals surface area contributed by atoms with Crippen LogP contribution in [0.25, 0.3) is 10.9 Å². The number of aryl methyl sites for hydroxylation is 1. The summed E-state index contributed by atoms with van der Waals surface area (Å²) in [5, 5.41) is 3.98. The summed E-state index contributed by atoms with van der Waals surface area (Å²) < 4.78 is 8.67. The Balaban J connectivity index is 1.72. The molecule has 23 heavy (non-hydrogen) atoms. The molecular formula is C17H20N4O2. The van der Waals surface area contributed by atoms with Crippen molar-refractivity contribution in [2.75, 3.05) is 19.5 Å². The zero-order valence-electron chi connectivity index (χ0n) is 13.2. The lowest BCUT2D eigenvalue weighted by atomic mass is 10.1. The standard InChI is InChI=1S/C17H20N4O2/c1-20-9-3-4-16(20)17(22)19-8-7-12-11-21(18)15-6-5-13(23-2)10-14(12)15/h3-6,9-11H,7-8,18H2,1-2H3,(H,19,22). The van der Waals surface area contributed by atoms with Crippen molar-refractivity contribution < 1.29 is 9.53 Å². The molecule has 0 saturated carbocycles. The van der Waals surface area contributed by atoms with Crippen LogP contribution in [-0.4, -0.2) is 28.8 Å². The number of methoxy groups -OCH3 is 1. The number of carbonyl (C=O) groups excluding carboxylic acids is 1. The number of nitrogen functional groups attached to an aromatic ring is 1. The number of ether oxygens (including phenoxy) is 1. The number of amides is 1. The van der Waals surface area contributed by atoms with Crippen molar-refractivity contribution in [2.24, 2.45) is 7.05 Å². The first-order valence-electron chi connectivity index (χ1n) is 7.42. The van der Waals surface area contributed by atoms with Crippen LogP contribution in [0, 0.1) is 0 Å². The third-order valence-electron chi connectivity index (χ3n) is 3.98. The fraction of sp³-hybridized carbons (Fsp3) is 0.235. The van der Waals surface area contributed by atoms with Gasteiger partial charge < -0.3 is 20.5 Å². The highest BCUT2D eigenvalue weighted by atomic mass is 16.5. The number of nitrogens with two attached hydrogens (primary N) is 1. The molecule has 0 fully saturated rings. The molecule has 6 nitrogen and oxygen atoms in total. The monoisotopic (exact) mass is 312 g/mol. The van der Waals surface area contributed by atoms with Crippen molar-refractivity contribution >= 4 is 16.8 Å². The summed E-state index contributed by atoms with van der Waals surface area (Å²) in [6, 6.07) is 9.43. The van der Waals surface area contributed by atoms with Gasteiger partial charge in [-0.2, -0.15) is 0 Å². The van der Waals surface area contributed by atoms with E-state index in [0.29, 0.717) is 18.7 Å². The Bertz CT molecular complexity index is 848. The minimum atomic E-state index is -0.0773. The second kappa shape index (κ2) is 6.08. The van der Waals surface area contributed by atoms with Crippen LogP contribution in [0.4, 0.5) is 0 Å². The molecule has 0 saturated heterocycles. The molecule has 0 radical (unpaired) electrons. The number of nitrogens with one attached hydrogen (secondary N) is 1. The van der Waals surface area contributed by atoms with E-state index in [0.717, 1.165) is 22.2 Å². The van der Waals surface area contributed by atoms with Gasteiger partial charge in [0.15, 0.2) is 0 Å². The Morgan fingerprint density at radius 1 is 1.35 bits per heavy atom. The van der Waals surface area contributed by atoms with E-state index in [4.69, 9.17) is 10.6 Å². The second-order valence-corrected chi connectivity index (χ2v) is 5.45. The second-order valence-electron chi connectivity index (χ2n) is 5.45. The molecule has 0 aliphatic carbocycles. The number of nitrogens with zero attached hydrogens (tertiary/aromatic N) is 2. The summed E-state index contributed by atoms with van der Waals surface area (Å²) in [6.45, 7) is 0.542. The summed E-state index contributed by atoms with van der Waals surface area (Å²) in [4.78, 5) is 12.1. The van der Waals surface area contributed by atoms with Gasteiger partial charge in [0.2, 0.25) is 0 Å². The summed E-state index contributed by atoms with van der Waals surface area (Å²) in [7, 11) is 3.49. The topological polar surface area (TPSA) is 74.2 Å². The summed E-state index contributed by atoms with van der Waals surface area (Å²) in [5.74, 6) is 6.69. The number of rotatable bonds is 5. The van der Waals surface area contributed by atoms with Crippen LogP contribution in [0.3, 0.4) is 0 Å². The van der Waals surface area contributed by atoms with Gasteiger partial charge in [0.05, 0.1) is 12.6 Å². The van der Waals surface area contributed by atoms with Crippen molar-refractivity contribution in [1.29, 1.82) is 0 Å². The van der Waals surface area contributed by atoms with Gasteiger partial charge >= 0.3 is 0 Å². The maximum Gasteiger partial charge on any atom is 0.267 e. The molecule has 120 valence electrons. The zero-order chi connectivity index (χ0) is 16.4. The van der Waals surface area contributed by atoms with E-state index >= 15 is 0 Å². The third kappa shape index (κ3) is 2.88. The number of hydrogen-bond donors (Lipinski definition) is 2. The van der Waals surface area contributed by atoms with Crippen molar-refractivity contribution in [2.45, 2.75) is 6.42 Å². The largest absolute Gasteiger partial charge is 0.497 e. The first-order valence-corrected chi connectivity index (χ1v) is 7.42. The van der Waals surface area contributed by atoms with E-state index in [2.05, 4.69) is 5.32 Å². The fourth-order valence-corrected chi connectivity index (χ4v) is 2.73. The molecule has 0 unspecified atom stereocenters. The maximum atomic E-state index is 12.1. The molecule has 0 bridgehead atoms. The third-order valence-corrected chi connectivity index (χ3v) is 3.98. The van der Waals surface area contributed by atoms with Crippen LogP contribution in [0.2, 0.25) is 0 Å². The van der Waals surface area contributed by atoms with Crippen LogP contribution < -0.4 is 15.9 Å². The lowest BCUT2D eigenvalue weighted by molar-refractivity contribution is 0.0946. The molecule has 1 aromatic carbocycles. The Morgan fingerprint density at radius 2 is 2.17 bits per heavy atom. The van der Waals surface area contributed by atoms with Crippen LogP contribution >= 0.6 is 0 Å². The molecule has 2 heterocycles. The zero-order valence-corrected chi connectivity index (χ0v) is 13.2. The highest BCUT2D eigenvalue weighted by Gasteiger charge is 2.11. The molecule has 3 N–H and O–H groups in total. The summed E-state index contributed by atoms with van der Waals surface area (Å²) in [6.07, 6.45) is 4.44. The van der Waals surface area contributed by atoms with Gasteiger partial charge in [-0.3, -0.25) is 9.47 Å². The smallest absolute Gasteiger partial charge is 0.267 e. The molecule has 0 atom stereocenters. The number of benzene rings is 1. The molecular weight excluding hydrogens is 292 g/mol. The molecule has 1 amide bonds. The minimum absolute atomic E-state index is 0.0773. The lowest BCUT2D eigenvalue weighted by Gasteiger charge is -2.06. The van der Waals surface area contributed by atoms with E-state index in [1.54, 1.807) is 22.4 Å². The quantitative estimate of drug-likeness (QED) is 0.704. The van der Waals surface area contributed by atoms with Crippen molar-refractivity contribution in [3.63, 3.8) is 0 Å². The predicted octanol–water partition coefficient (Wildman–Crippen LogP) is 1.67. The normalized spacial score (nSPS) is 10.9. The highest BCUT2D eigenvalue weighted by molar-refractivity contribution is 5.92. The fourth-order valence-electron chi connectivity index (χ4n) is 2.73. The highest BCUT2D eigenvalue weighted by Crippen LogP contribution is 2.25. The van der Waals surface area contributed by atoms with E-state index < -0.39 is 0 Å². The number of hydrogen-bond acceptors (Lipinski definition) is 3. The number of carbonyl (C=O) groups is 1. The summed E-state index contributed by atoms with van der Waals surface area (Å²) >= 11 is 0. The van der Waals surface area contributed by atoms with Gasteiger partial charge in [-0.15, -0.1) is 0 Å². The van der Waals surface area contributed by atoms with Gasteiger partial charge in [0.25, 0.3) is 5.91 Å².